The van der Waals surface area contributed by atoms with Gasteiger partial charge in [0, 0.05) is 25.7 Å². The highest BCUT2D eigenvalue weighted by Gasteiger charge is 2.44. The van der Waals surface area contributed by atoms with Crippen molar-refractivity contribution in [1.82, 2.24) is 10.2 Å². The molecule has 1 saturated carbocycles. The maximum Gasteiger partial charge on any atom is 0.391 e. The van der Waals surface area contributed by atoms with Gasteiger partial charge < -0.3 is 11.1 Å². The number of nitrogens with one attached hydrogen (secondary N) is 1. The van der Waals surface area contributed by atoms with Crippen molar-refractivity contribution < 1.29 is 18.0 Å². The minimum Gasteiger partial charge on any atom is -0.368 e. The first kappa shape index (κ1) is 14.6. The summed E-state index contributed by atoms with van der Waals surface area (Å²) in [6.07, 6.45) is -2.56. The molecule has 3 unspecified atom stereocenters. The van der Waals surface area contributed by atoms with Gasteiger partial charge in [-0.2, -0.15) is 13.2 Å². The Morgan fingerprint density at radius 2 is 2.05 bits per heavy atom. The normalized spacial score (nSPS) is 34.2. The minimum atomic E-state index is -4.13. The molecule has 1 amide bonds. The Balaban J connectivity index is 2.05. The van der Waals surface area contributed by atoms with Crippen LogP contribution >= 0.6 is 0 Å². The number of nitrogens with two attached hydrogens (primary N) is 1. The standard InChI is InChI=1S/C12H20F3N3O/c13-12(14,15)8-2-1-3-9(6-8)18-5-4-17-7-10(18)11(16)19/h8-10,17H,1-7H2,(H2,16,19). The van der Waals surface area contributed by atoms with E-state index in [1.54, 1.807) is 0 Å². The van der Waals surface area contributed by atoms with Gasteiger partial charge in [-0.3, -0.25) is 9.69 Å². The molecule has 0 aromatic carbocycles. The number of hydrogen-bond acceptors (Lipinski definition) is 3. The van der Waals surface area contributed by atoms with Crippen LogP contribution in [0.1, 0.15) is 25.7 Å². The maximum absolute atomic E-state index is 12.8. The van der Waals surface area contributed by atoms with Crippen molar-refractivity contribution >= 4 is 5.91 Å². The summed E-state index contributed by atoms with van der Waals surface area (Å²) in [5, 5.41) is 3.06. The second kappa shape index (κ2) is 5.66. The number of primary amides is 1. The first-order valence-corrected chi connectivity index (χ1v) is 6.72. The van der Waals surface area contributed by atoms with Gasteiger partial charge in [0.15, 0.2) is 0 Å². The summed E-state index contributed by atoms with van der Waals surface area (Å²) < 4.78 is 38.4. The fourth-order valence-electron chi connectivity index (χ4n) is 3.18. The van der Waals surface area contributed by atoms with Crippen molar-refractivity contribution in [3.05, 3.63) is 0 Å². The third kappa shape index (κ3) is 3.39. The molecule has 0 aromatic rings. The third-order valence-corrected chi connectivity index (χ3v) is 4.19. The summed E-state index contributed by atoms with van der Waals surface area (Å²) >= 11 is 0. The van der Waals surface area contributed by atoms with Crippen molar-refractivity contribution in [3.8, 4) is 0 Å². The van der Waals surface area contributed by atoms with Crippen LogP contribution in [0.4, 0.5) is 13.2 Å². The average molecular weight is 279 g/mol. The zero-order chi connectivity index (χ0) is 14.0. The third-order valence-electron chi connectivity index (χ3n) is 4.19. The molecule has 0 aromatic heterocycles. The van der Waals surface area contributed by atoms with E-state index in [2.05, 4.69) is 5.32 Å². The largest absolute Gasteiger partial charge is 0.391 e. The van der Waals surface area contributed by atoms with Crippen molar-refractivity contribution in [2.45, 2.75) is 43.9 Å². The van der Waals surface area contributed by atoms with Crippen LogP contribution < -0.4 is 11.1 Å². The van der Waals surface area contributed by atoms with Crippen LogP contribution in [-0.4, -0.2) is 48.7 Å². The summed E-state index contributed by atoms with van der Waals surface area (Å²) in [6, 6.07) is -0.661. The van der Waals surface area contributed by atoms with Crippen LogP contribution in [-0.2, 0) is 4.79 Å². The van der Waals surface area contributed by atoms with E-state index in [4.69, 9.17) is 5.73 Å². The fourth-order valence-corrected chi connectivity index (χ4v) is 3.18. The highest BCUT2D eigenvalue weighted by Crippen LogP contribution is 2.39. The lowest BCUT2D eigenvalue weighted by atomic mass is 9.83. The van der Waals surface area contributed by atoms with Crippen LogP contribution in [0, 0.1) is 5.92 Å². The zero-order valence-corrected chi connectivity index (χ0v) is 10.7. The fraction of sp³-hybridized carbons (Fsp3) is 0.917. The van der Waals surface area contributed by atoms with E-state index in [1.807, 2.05) is 4.90 Å². The smallest absolute Gasteiger partial charge is 0.368 e. The van der Waals surface area contributed by atoms with Gasteiger partial charge in [-0.1, -0.05) is 6.42 Å². The maximum atomic E-state index is 12.8. The molecule has 3 N–H and O–H groups in total. The molecule has 4 nitrogen and oxygen atoms in total. The van der Waals surface area contributed by atoms with Crippen LogP contribution in [0.25, 0.3) is 0 Å². The summed E-state index contributed by atoms with van der Waals surface area (Å²) in [4.78, 5) is 13.3. The molecule has 0 bridgehead atoms. The molecule has 7 heteroatoms. The van der Waals surface area contributed by atoms with Gasteiger partial charge in [-0.05, 0) is 19.3 Å². The quantitative estimate of drug-likeness (QED) is 0.788. The van der Waals surface area contributed by atoms with E-state index in [0.717, 1.165) is 6.42 Å². The van der Waals surface area contributed by atoms with Crippen molar-refractivity contribution in [1.29, 1.82) is 0 Å². The summed E-state index contributed by atoms with van der Waals surface area (Å²) in [5.74, 6) is -1.70. The number of piperazine rings is 1. The second-order valence-corrected chi connectivity index (χ2v) is 5.42. The van der Waals surface area contributed by atoms with Crippen molar-refractivity contribution in [3.63, 3.8) is 0 Å². The van der Waals surface area contributed by atoms with E-state index < -0.39 is 24.0 Å². The first-order chi connectivity index (χ1) is 8.89. The molecular weight excluding hydrogens is 259 g/mol. The van der Waals surface area contributed by atoms with Crippen LogP contribution in [0.15, 0.2) is 0 Å². The number of nitrogens with zero attached hydrogens (tertiary/aromatic N) is 1. The lowest BCUT2D eigenvalue weighted by Crippen LogP contribution is -2.60. The van der Waals surface area contributed by atoms with Gasteiger partial charge in [-0.15, -0.1) is 0 Å². The minimum absolute atomic E-state index is 0.0906. The Kier molecular flexibility index (Phi) is 4.35. The Morgan fingerprint density at radius 1 is 1.32 bits per heavy atom. The molecule has 0 spiro atoms. The van der Waals surface area contributed by atoms with Crippen LogP contribution in [0.2, 0.25) is 0 Å². The number of carbonyl (C=O) groups is 1. The molecule has 1 aliphatic heterocycles. The van der Waals surface area contributed by atoms with Crippen LogP contribution in [0.3, 0.4) is 0 Å². The van der Waals surface area contributed by atoms with E-state index in [0.29, 0.717) is 26.1 Å². The van der Waals surface area contributed by atoms with Gasteiger partial charge in [-0.25, -0.2) is 0 Å². The van der Waals surface area contributed by atoms with E-state index in [-0.39, 0.29) is 18.9 Å². The Hall–Kier alpha value is -0.820. The second-order valence-electron chi connectivity index (χ2n) is 5.42. The highest BCUT2D eigenvalue weighted by atomic mass is 19.4. The lowest BCUT2D eigenvalue weighted by molar-refractivity contribution is -0.187. The molecule has 1 aliphatic carbocycles. The number of alkyl halides is 3. The molecule has 0 radical (unpaired) electrons. The zero-order valence-electron chi connectivity index (χ0n) is 10.7. The lowest BCUT2D eigenvalue weighted by Gasteiger charge is -2.43. The Morgan fingerprint density at radius 3 is 2.68 bits per heavy atom. The monoisotopic (exact) mass is 279 g/mol. The Bertz CT molecular complexity index is 335. The number of carbonyl (C=O) groups excluding carboxylic acids is 1. The molecule has 1 saturated heterocycles. The molecule has 2 fully saturated rings. The number of rotatable bonds is 2. The molecular formula is C12H20F3N3O. The molecule has 110 valence electrons. The van der Waals surface area contributed by atoms with Crippen molar-refractivity contribution in [2.75, 3.05) is 19.6 Å². The number of halogens is 3. The summed E-state index contributed by atoms with van der Waals surface area (Å²) in [6.45, 7) is 1.71. The van der Waals surface area contributed by atoms with Gasteiger partial charge in [0.1, 0.15) is 6.04 Å². The molecule has 2 aliphatic rings. The number of amides is 1. The molecule has 3 atom stereocenters. The van der Waals surface area contributed by atoms with Gasteiger partial charge in [0.05, 0.1) is 5.92 Å². The topological polar surface area (TPSA) is 58.4 Å². The van der Waals surface area contributed by atoms with Gasteiger partial charge in [0.25, 0.3) is 0 Å². The summed E-state index contributed by atoms with van der Waals surface area (Å²) in [7, 11) is 0. The average Bonchev–Trinajstić information content (AvgIpc) is 2.38. The Labute approximate surface area is 110 Å². The van der Waals surface area contributed by atoms with E-state index in [1.165, 1.54) is 0 Å². The molecule has 19 heavy (non-hydrogen) atoms. The molecule has 2 rings (SSSR count). The van der Waals surface area contributed by atoms with Gasteiger partial charge >= 0.3 is 6.18 Å². The van der Waals surface area contributed by atoms with E-state index >= 15 is 0 Å². The molecule has 1 heterocycles. The van der Waals surface area contributed by atoms with E-state index in [9.17, 15) is 18.0 Å². The van der Waals surface area contributed by atoms with Gasteiger partial charge in [0.2, 0.25) is 5.91 Å². The van der Waals surface area contributed by atoms with Crippen molar-refractivity contribution in [2.24, 2.45) is 11.7 Å². The number of hydrogen-bond donors (Lipinski definition) is 2. The highest BCUT2D eigenvalue weighted by molar-refractivity contribution is 5.80. The van der Waals surface area contributed by atoms with Crippen LogP contribution in [0.5, 0.6) is 0 Å². The SMILES string of the molecule is NC(=O)C1CNCCN1C1CCCC(C(F)(F)F)C1. The summed E-state index contributed by atoms with van der Waals surface area (Å²) in [5.41, 5.74) is 5.34. The first-order valence-electron chi connectivity index (χ1n) is 6.72. The predicted octanol–water partition coefficient (Wildman–Crippen LogP) is 0.867. The predicted molar refractivity (Wildman–Crippen MR) is 64.4 cm³/mol.